The van der Waals surface area contributed by atoms with Gasteiger partial charge in [0.15, 0.2) is 10.9 Å². The minimum absolute atomic E-state index is 0.00477. The molecule has 0 bridgehead atoms. The third-order valence-electron chi connectivity index (χ3n) is 5.61. The van der Waals surface area contributed by atoms with Crippen molar-refractivity contribution >= 4 is 28.4 Å². The van der Waals surface area contributed by atoms with Gasteiger partial charge in [0.05, 0.1) is 31.2 Å². The predicted octanol–water partition coefficient (Wildman–Crippen LogP) is 3.23. The molecule has 32 heavy (non-hydrogen) atoms. The normalized spacial score (nSPS) is 14.6. The first-order valence-electron chi connectivity index (χ1n) is 10.7. The number of ketones is 1. The van der Waals surface area contributed by atoms with E-state index in [2.05, 4.69) is 4.90 Å². The van der Waals surface area contributed by atoms with E-state index in [-0.39, 0.29) is 11.3 Å². The van der Waals surface area contributed by atoms with Gasteiger partial charge in [0.1, 0.15) is 5.75 Å². The number of para-hydroxylation sites is 1. The molecule has 1 saturated heterocycles. The maximum Gasteiger partial charge on any atom is 0.262 e. The molecular weight excluding hydrogens is 426 g/mol. The molecule has 4 rings (SSSR count). The monoisotopic (exact) mass is 453 g/mol. The second-order valence-corrected chi connectivity index (χ2v) is 8.64. The summed E-state index contributed by atoms with van der Waals surface area (Å²) in [5, 5.41) is 1.28. The molecule has 168 valence electrons. The number of rotatable bonds is 8. The van der Waals surface area contributed by atoms with Crippen LogP contribution in [0.2, 0.25) is 0 Å². The summed E-state index contributed by atoms with van der Waals surface area (Å²) in [5.74, 6) is 1.25. The third-order valence-corrected chi connectivity index (χ3v) is 6.64. The number of hydrogen-bond donors (Lipinski definition) is 0. The van der Waals surface area contributed by atoms with Crippen LogP contribution in [0.15, 0.2) is 52.4 Å². The van der Waals surface area contributed by atoms with Gasteiger partial charge in [-0.1, -0.05) is 23.9 Å². The Kier molecular flexibility index (Phi) is 7.24. The molecule has 0 spiro atoms. The van der Waals surface area contributed by atoms with Crippen LogP contribution in [-0.4, -0.2) is 60.2 Å². The molecule has 1 fully saturated rings. The van der Waals surface area contributed by atoms with E-state index < -0.39 is 0 Å². The number of carbonyl (C=O) groups excluding carboxylic acids is 1. The van der Waals surface area contributed by atoms with Crippen molar-refractivity contribution in [1.29, 1.82) is 0 Å². The summed E-state index contributed by atoms with van der Waals surface area (Å²) in [6.45, 7) is 6.05. The highest BCUT2D eigenvalue weighted by atomic mass is 32.2. The molecule has 2 aromatic carbocycles. The quantitative estimate of drug-likeness (QED) is 0.295. The number of benzene rings is 2. The fraction of sp³-hybridized carbons (Fsp3) is 0.375. The lowest BCUT2D eigenvalue weighted by Gasteiger charge is -2.27. The SMILES string of the molecule is COc1ccc(C(C)=O)cc1CSc1nc2ccccc2c(=O)n1CCN1CCOCC1. The van der Waals surface area contributed by atoms with Crippen LogP contribution in [0.4, 0.5) is 0 Å². The minimum Gasteiger partial charge on any atom is -0.496 e. The highest BCUT2D eigenvalue weighted by molar-refractivity contribution is 7.98. The molecule has 1 aliphatic rings. The Morgan fingerprint density at radius 1 is 1.16 bits per heavy atom. The van der Waals surface area contributed by atoms with Gasteiger partial charge in [-0.15, -0.1) is 0 Å². The maximum absolute atomic E-state index is 13.3. The van der Waals surface area contributed by atoms with Crippen LogP contribution in [0.1, 0.15) is 22.8 Å². The average Bonchev–Trinajstić information content (AvgIpc) is 2.82. The van der Waals surface area contributed by atoms with Crippen molar-refractivity contribution in [1.82, 2.24) is 14.5 Å². The zero-order chi connectivity index (χ0) is 22.5. The molecule has 0 aliphatic carbocycles. The van der Waals surface area contributed by atoms with Gasteiger partial charge in [-0.3, -0.25) is 19.1 Å². The average molecular weight is 454 g/mol. The smallest absolute Gasteiger partial charge is 0.262 e. The number of hydrogen-bond acceptors (Lipinski definition) is 7. The van der Waals surface area contributed by atoms with Crippen molar-refractivity contribution in [2.24, 2.45) is 0 Å². The Labute approximate surface area is 191 Å². The number of methoxy groups -OCH3 is 1. The summed E-state index contributed by atoms with van der Waals surface area (Å²) in [4.78, 5) is 32.2. The van der Waals surface area contributed by atoms with E-state index in [9.17, 15) is 9.59 Å². The number of thioether (sulfide) groups is 1. The highest BCUT2D eigenvalue weighted by Gasteiger charge is 2.16. The Hall–Kier alpha value is -2.68. The van der Waals surface area contributed by atoms with Crippen LogP contribution in [0, 0.1) is 0 Å². The first kappa shape index (κ1) is 22.5. The van der Waals surface area contributed by atoms with E-state index in [0.29, 0.717) is 39.7 Å². The summed E-state index contributed by atoms with van der Waals surface area (Å²) in [6, 6.07) is 12.9. The highest BCUT2D eigenvalue weighted by Crippen LogP contribution is 2.28. The van der Waals surface area contributed by atoms with Crippen LogP contribution in [0.5, 0.6) is 5.75 Å². The van der Waals surface area contributed by atoms with Gasteiger partial charge in [0, 0.05) is 43.1 Å². The molecule has 0 atom stereocenters. The topological polar surface area (TPSA) is 73.7 Å². The molecule has 1 aliphatic heterocycles. The van der Waals surface area contributed by atoms with E-state index in [4.69, 9.17) is 14.5 Å². The van der Waals surface area contributed by atoms with Gasteiger partial charge >= 0.3 is 0 Å². The second-order valence-electron chi connectivity index (χ2n) is 7.69. The molecule has 2 heterocycles. The van der Waals surface area contributed by atoms with Gasteiger partial charge in [-0.05, 0) is 37.3 Å². The number of ether oxygens (including phenoxy) is 2. The summed E-state index contributed by atoms with van der Waals surface area (Å²) in [6.07, 6.45) is 0. The summed E-state index contributed by atoms with van der Waals surface area (Å²) in [7, 11) is 1.61. The Balaban J connectivity index is 1.64. The zero-order valence-corrected chi connectivity index (χ0v) is 19.2. The number of carbonyl (C=O) groups is 1. The first-order chi connectivity index (χ1) is 15.6. The second kappa shape index (κ2) is 10.3. The fourth-order valence-electron chi connectivity index (χ4n) is 3.77. The fourth-order valence-corrected chi connectivity index (χ4v) is 4.78. The Morgan fingerprint density at radius 2 is 1.94 bits per heavy atom. The molecule has 0 N–H and O–H groups in total. The number of aromatic nitrogens is 2. The molecule has 0 amide bonds. The minimum atomic E-state index is -0.0317. The van der Waals surface area contributed by atoms with E-state index in [1.54, 1.807) is 24.7 Å². The summed E-state index contributed by atoms with van der Waals surface area (Å²) >= 11 is 1.48. The van der Waals surface area contributed by atoms with E-state index >= 15 is 0 Å². The van der Waals surface area contributed by atoms with E-state index in [1.165, 1.54) is 11.8 Å². The molecule has 7 nitrogen and oxygen atoms in total. The Morgan fingerprint density at radius 3 is 2.69 bits per heavy atom. The molecule has 0 saturated carbocycles. The van der Waals surface area contributed by atoms with Crippen molar-refractivity contribution in [3.63, 3.8) is 0 Å². The van der Waals surface area contributed by atoms with Crippen LogP contribution in [0.3, 0.4) is 0 Å². The lowest BCUT2D eigenvalue weighted by molar-refractivity contribution is 0.0359. The van der Waals surface area contributed by atoms with Gasteiger partial charge in [-0.25, -0.2) is 4.98 Å². The van der Waals surface area contributed by atoms with Gasteiger partial charge in [0.2, 0.25) is 0 Å². The van der Waals surface area contributed by atoms with Crippen molar-refractivity contribution in [2.75, 3.05) is 40.0 Å². The van der Waals surface area contributed by atoms with Crippen molar-refractivity contribution in [3.8, 4) is 5.75 Å². The van der Waals surface area contributed by atoms with E-state index in [1.807, 2.05) is 36.4 Å². The van der Waals surface area contributed by atoms with E-state index in [0.717, 1.165) is 38.4 Å². The molecule has 0 unspecified atom stereocenters. The molecule has 0 radical (unpaired) electrons. The summed E-state index contributed by atoms with van der Waals surface area (Å²) < 4.78 is 12.7. The lowest BCUT2D eigenvalue weighted by atomic mass is 10.1. The van der Waals surface area contributed by atoms with Crippen LogP contribution < -0.4 is 10.3 Å². The lowest BCUT2D eigenvalue weighted by Crippen LogP contribution is -2.39. The zero-order valence-electron chi connectivity index (χ0n) is 18.4. The molecule has 3 aromatic rings. The summed E-state index contributed by atoms with van der Waals surface area (Å²) in [5.41, 5.74) is 2.19. The van der Waals surface area contributed by atoms with Gasteiger partial charge < -0.3 is 9.47 Å². The largest absolute Gasteiger partial charge is 0.496 e. The van der Waals surface area contributed by atoms with Crippen LogP contribution >= 0.6 is 11.8 Å². The van der Waals surface area contributed by atoms with Gasteiger partial charge in [-0.2, -0.15) is 0 Å². The maximum atomic E-state index is 13.3. The van der Waals surface area contributed by atoms with Gasteiger partial charge in [0.25, 0.3) is 5.56 Å². The number of nitrogens with zero attached hydrogens (tertiary/aromatic N) is 3. The third kappa shape index (κ3) is 5.03. The molecular formula is C24H27N3O4S. The Bertz CT molecular complexity index is 1170. The van der Waals surface area contributed by atoms with Crippen LogP contribution in [-0.2, 0) is 17.0 Å². The number of fused-ring (bicyclic) bond motifs is 1. The van der Waals surface area contributed by atoms with Crippen molar-refractivity contribution in [3.05, 3.63) is 63.9 Å². The van der Waals surface area contributed by atoms with Crippen molar-refractivity contribution < 1.29 is 14.3 Å². The predicted molar refractivity (Wildman–Crippen MR) is 126 cm³/mol. The number of morpholine rings is 1. The standard InChI is InChI=1S/C24H27N3O4S/c1-17(28)18-7-8-22(30-2)19(15-18)16-32-24-25-21-6-4-3-5-20(21)23(29)27(24)10-9-26-11-13-31-14-12-26/h3-8,15H,9-14,16H2,1-2H3. The number of Topliss-reactive ketones (excluding diaryl/α,β-unsaturated/α-hetero) is 1. The molecule has 1 aromatic heterocycles. The van der Waals surface area contributed by atoms with Crippen molar-refractivity contribution in [2.45, 2.75) is 24.4 Å². The molecule has 8 heteroatoms. The van der Waals surface area contributed by atoms with Crippen LogP contribution in [0.25, 0.3) is 10.9 Å². The first-order valence-corrected chi connectivity index (χ1v) is 11.7.